The van der Waals surface area contributed by atoms with Gasteiger partial charge in [-0.15, -0.1) is 0 Å². The molecule has 104 valence electrons. The van der Waals surface area contributed by atoms with Gasteiger partial charge in [0.25, 0.3) is 0 Å². The van der Waals surface area contributed by atoms with Gasteiger partial charge in [-0.2, -0.15) is 0 Å². The van der Waals surface area contributed by atoms with Gasteiger partial charge in [0, 0.05) is 24.7 Å². The van der Waals surface area contributed by atoms with Gasteiger partial charge in [0.05, 0.1) is 19.1 Å². The Bertz CT molecular complexity index is 458. The zero-order valence-corrected chi connectivity index (χ0v) is 11.3. The first-order valence-electron chi connectivity index (χ1n) is 6.39. The van der Waals surface area contributed by atoms with Crippen LogP contribution in [0, 0.1) is 0 Å². The summed E-state index contributed by atoms with van der Waals surface area (Å²) in [6.07, 6.45) is 0.124. The van der Waals surface area contributed by atoms with Crippen LogP contribution >= 0.6 is 0 Å². The number of carboxylic acid groups (broad SMARTS) is 1. The Balaban J connectivity index is 2.11. The number of para-hydroxylation sites is 1. The topological polar surface area (TPSA) is 70.6 Å². The maximum Gasteiger partial charge on any atom is 0.305 e. The molecule has 1 fully saturated rings. The van der Waals surface area contributed by atoms with Crippen LogP contribution in [0.4, 0.5) is 0 Å². The van der Waals surface area contributed by atoms with Gasteiger partial charge in [-0.25, -0.2) is 0 Å². The van der Waals surface area contributed by atoms with Crippen LogP contribution in [-0.4, -0.2) is 36.8 Å². The number of rotatable bonds is 6. The Hall–Kier alpha value is -1.59. The van der Waals surface area contributed by atoms with E-state index in [-0.39, 0.29) is 18.0 Å². The van der Waals surface area contributed by atoms with Crippen molar-refractivity contribution >= 4 is 5.97 Å². The molecule has 1 saturated heterocycles. The molecule has 0 amide bonds. The number of carboxylic acids is 1. The number of ether oxygens (including phenoxy) is 1. The molecule has 2 rings (SSSR count). The largest absolute Gasteiger partial charge is 0.496 e. The fourth-order valence-electron chi connectivity index (χ4n) is 2.56. The molecule has 1 aromatic rings. The van der Waals surface area contributed by atoms with Crippen LogP contribution in [0.15, 0.2) is 24.3 Å². The van der Waals surface area contributed by atoms with Crippen LogP contribution in [0.5, 0.6) is 5.75 Å². The Labute approximate surface area is 113 Å². The van der Waals surface area contributed by atoms with E-state index in [2.05, 4.69) is 10.6 Å². The second kappa shape index (κ2) is 5.59. The lowest BCUT2D eigenvalue weighted by molar-refractivity contribution is -0.139. The number of carbonyl (C=O) groups is 1. The van der Waals surface area contributed by atoms with Gasteiger partial charge in [-0.3, -0.25) is 4.79 Å². The maximum absolute atomic E-state index is 11.0. The van der Waals surface area contributed by atoms with E-state index in [1.54, 1.807) is 7.11 Å². The third-order valence-electron chi connectivity index (χ3n) is 3.54. The van der Waals surface area contributed by atoms with Crippen molar-refractivity contribution in [2.45, 2.75) is 24.9 Å². The van der Waals surface area contributed by atoms with Crippen molar-refractivity contribution in [1.29, 1.82) is 0 Å². The van der Waals surface area contributed by atoms with E-state index in [1.165, 1.54) is 0 Å². The minimum Gasteiger partial charge on any atom is -0.496 e. The summed E-state index contributed by atoms with van der Waals surface area (Å²) in [5, 5.41) is 15.6. The molecule has 0 saturated carbocycles. The zero-order valence-electron chi connectivity index (χ0n) is 11.3. The van der Waals surface area contributed by atoms with Crippen LogP contribution in [0.2, 0.25) is 0 Å². The molecule has 0 spiro atoms. The highest BCUT2D eigenvalue weighted by molar-refractivity contribution is 5.69. The van der Waals surface area contributed by atoms with E-state index >= 15 is 0 Å². The number of hydrogen-bond acceptors (Lipinski definition) is 4. The first-order valence-corrected chi connectivity index (χ1v) is 6.39. The van der Waals surface area contributed by atoms with Crippen LogP contribution in [0.25, 0.3) is 0 Å². The summed E-state index contributed by atoms with van der Waals surface area (Å²) in [7, 11) is 1.64. The average Bonchev–Trinajstić information content (AvgIpc) is 2.35. The smallest absolute Gasteiger partial charge is 0.305 e. The Morgan fingerprint density at radius 1 is 1.53 bits per heavy atom. The Morgan fingerprint density at radius 3 is 2.74 bits per heavy atom. The molecule has 1 atom stereocenters. The molecule has 1 heterocycles. The molecule has 0 aromatic heterocycles. The molecule has 0 unspecified atom stereocenters. The molecule has 5 heteroatoms. The first-order chi connectivity index (χ1) is 9.06. The standard InChI is InChI=1S/C14H20N2O3/c1-10(11-5-3-4-6-12(11)19-2)16-14(7-13(17)18)8-15-9-14/h3-6,10,15-16H,7-9H2,1-2H3,(H,17,18)/t10-/m1/s1. The van der Waals surface area contributed by atoms with E-state index in [1.807, 2.05) is 31.2 Å². The number of benzene rings is 1. The average molecular weight is 264 g/mol. The summed E-state index contributed by atoms with van der Waals surface area (Å²) in [4.78, 5) is 11.0. The van der Waals surface area contributed by atoms with Gasteiger partial charge in [0.15, 0.2) is 0 Å². The van der Waals surface area contributed by atoms with E-state index in [4.69, 9.17) is 9.84 Å². The van der Waals surface area contributed by atoms with Gasteiger partial charge in [0.2, 0.25) is 0 Å². The van der Waals surface area contributed by atoms with Crippen LogP contribution in [0.3, 0.4) is 0 Å². The number of hydrogen-bond donors (Lipinski definition) is 3. The van der Waals surface area contributed by atoms with E-state index in [0.717, 1.165) is 11.3 Å². The highest BCUT2D eigenvalue weighted by atomic mass is 16.5. The molecule has 0 bridgehead atoms. The summed E-state index contributed by atoms with van der Waals surface area (Å²) in [5.74, 6) is 0.0430. The van der Waals surface area contributed by atoms with Gasteiger partial charge in [-0.05, 0) is 13.0 Å². The van der Waals surface area contributed by atoms with Gasteiger partial charge >= 0.3 is 5.97 Å². The molecule has 19 heavy (non-hydrogen) atoms. The molecule has 3 N–H and O–H groups in total. The quantitative estimate of drug-likeness (QED) is 0.719. The van der Waals surface area contributed by atoms with Crippen LogP contribution in [0.1, 0.15) is 24.9 Å². The summed E-state index contributed by atoms with van der Waals surface area (Å²) in [5.41, 5.74) is 0.688. The van der Waals surface area contributed by atoms with Crippen molar-refractivity contribution in [1.82, 2.24) is 10.6 Å². The van der Waals surface area contributed by atoms with Crippen LogP contribution in [-0.2, 0) is 4.79 Å². The third kappa shape index (κ3) is 3.05. The lowest BCUT2D eigenvalue weighted by atomic mass is 9.87. The molecule has 1 aromatic carbocycles. The minimum atomic E-state index is -0.777. The van der Waals surface area contributed by atoms with Crippen molar-refractivity contribution in [2.75, 3.05) is 20.2 Å². The minimum absolute atomic E-state index is 0.0394. The predicted octanol–water partition coefficient (Wildman–Crippen LogP) is 1.16. The number of methoxy groups -OCH3 is 1. The van der Waals surface area contributed by atoms with Crippen molar-refractivity contribution in [2.24, 2.45) is 0 Å². The fraction of sp³-hybridized carbons (Fsp3) is 0.500. The summed E-state index contributed by atoms with van der Waals surface area (Å²) >= 11 is 0. The van der Waals surface area contributed by atoms with Crippen molar-refractivity contribution < 1.29 is 14.6 Å². The third-order valence-corrected chi connectivity index (χ3v) is 3.54. The molecular formula is C14H20N2O3. The SMILES string of the molecule is COc1ccccc1[C@@H](C)NC1(CC(=O)O)CNC1. The van der Waals surface area contributed by atoms with Crippen molar-refractivity contribution in [3.8, 4) is 5.75 Å². The predicted molar refractivity (Wildman–Crippen MR) is 72.4 cm³/mol. The second-order valence-corrected chi connectivity index (χ2v) is 5.06. The lowest BCUT2D eigenvalue weighted by Crippen LogP contribution is -2.68. The number of nitrogens with one attached hydrogen (secondary N) is 2. The van der Waals surface area contributed by atoms with Crippen LogP contribution < -0.4 is 15.4 Å². The maximum atomic E-state index is 11.0. The van der Waals surface area contributed by atoms with E-state index < -0.39 is 5.97 Å². The molecule has 5 nitrogen and oxygen atoms in total. The molecule has 0 radical (unpaired) electrons. The molecule has 1 aliphatic rings. The number of aliphatic carboxylic acids is 1. The highest BCUT2D eigenvalue weighted by Gasteiger charge is 2.40. The monoisotopic (exact) mass is 264 g/mol. The van der Waals surface area contributed by atoms with Crippen molar-refractivity contribution in [3.05, 3.63) is 29.8 Å². The first kappa shape index (κ1) is 13.8. The molecular weight excluding hydrogens is 244 g/mol. The zero-order chi connectivity index (χ0) is 13.9. The van der Waals surface area contributed by atoms with Crippen molar-refractivity contribution in [3.63, 3.8) is 0 Å². The summed E-state index contributed by atoms with van der Waals surface area (Å²) in [6.45, 7) is 3.39. The van der Waals surface area contributed by atoms with Gasteiger partial charge in [0.1, 0.15) is 5.75 Å². The highest BCUT2D eigenvalue weighted by Crippen LogP contribution is 2.28. The Kier molecular flexibility index (Phi) is 4.07. The van der Waals surface area contributed by atoms with E-state index in [0.29, 0.717) is 13.1 Å². The lowest BCUT2D eigenvalue weighted by Gasteiger charge is -2.44. The molecule has 0 aliphatic carbocycles. The van der Waals surface area contributed by atoms with Gasteiger partial charge < -0.3 is 20.5 Å². The summed E-state index contributed by atoms with van der Waals surface area (Å²) in [6, 6.07) is 7.83. The normalized spacial score (nSPS) is 18.4. The van der Waals surface area contributed by atoms with E-state index in [9.17, 15) is 4.79 Å². The summed E-state index contributed by atoms with van der Waals surface area (Å²) < 4.78 is 5.34. The fourth-order valence-corrected chi connectivity index (χ4v) is 2.56. The Morgan fingerprint density at radius 2 is 2.21 bits per heavy atom. The van der Waals surface area contributed by atoms with Gasteiger partial charge in [-0.1, -0.05) is 18.2 Å². The second-order valence-electron chi connectivity index (χ2n) is 5.06. The molecule has 1 aliphatic heterocycles.